The van der Waals surface area contributed by atoms with Gasteiger partial charge < -0.3 is 9.47 Å². The van der Waals surface area contributed by atoms with Gasteiger partial charge in [-0.15, -0.1) is 0 Å². The van der Waals surface area contributed by atoms with Gasteiger partial charge in [0.2, 0.25) is 0 Å². The fourth-order valence-electron chi connectivity index (χ4n) is 1.32. The molecule has 0 aromatic rings. The highest BCUT2D eigenvalue weighted by Crippen LogP contribution is 2.46. The van der Waals surface area contributed by atoms with Gasteiger partial charge in [0, 0.05) is 12.8 Å². The smallest absolute Gasteiger partial charge is 0.0868 e. The van der Waals surface area contributed by atoms with Crippen molar-refractivity contribution in [2.75, 3.05) is 0 Å². The van der Waals surface area contributed by atoms with Gasteiger partial charge in [-0.05, 0) is 0 Å². The summed E-state index contributed by atoms with van der Waals surface area (Å²) in [5.74, 6) is 0. The third-order valence-electron chi connectivity index (χ3n) is 2.05. The second-order valence-corrected chi connectivity index (χ2v) is 2.90. The molecule has 0 bridgehead atoms. The van der Waals surface area contributed by atoms with Crippen LogP contribution in [0.2, 0.25) is 0 Å². The van der Waals surface area contributed by atoms with Crippen LogP contribution in [-0.4, -0.2) is 24.4 Å². The van der Waals surface area contributed by atoms with Gasteiger partial charge in [0.05, 0.1) is 24.4 Å². The largest absolute Gasteiger partial charge is 0.369 e. The van der Waals surface area contributed by atoms with E-state index in [1.54, 1.807) is 0 Å². The average Bonchev–Trinajstić information content (AvgIpc) is 2.45. The summed E-state index contributed by atoms with van der Waals surface area (Å²) < 4.78 is 11.0. The van der Waals surface area contributed by atoms with E-state index in [1.807, 2.05) is 0 Å². The lowest BCUT2D eigenvalue weighted by atomic mass is 10.6. The Morgan fingerprint density at radius 2 is 1.12 bits per heavy atom. The van der Waals surface area contributed by atoms with Crippen molar-refractivity contribution in [1.29, 1.82) is 0 Å². The number of fused-ring (bicyclic) bond motifs is 2. The molecule has 44 valence electrons. The van der Waals surface area contributed by atoms with E-state index in [2.05, 4.69) is 0 Å². The molecule has 1 heterocycles. The molecule has 3 aliphatic rings. The van der Waals surface area contributed by atoms with Gasteiger partial charge in [-0.25, -0.2) is 0 Å². The summed E-state index contributed by atoms with van der Waals surface area (Å²) in [6.45, 7) is 0. The Labute approximate surface area is 47.8 Å². The molecular weight excluding hydrogens is 104 g/mol. The minimum Gasteiger partial charge on any atom is -0.369 e. The van der Waals surface area contributed by atoms with E-state index in [0.29, 0.717) is 24.4 Å². The first-order valence-electron chi connectivity index (χ1n) is 3.24. The van der Waals surface area contributed by atoms with Crippen LogP contribution >= 0.6 is 0 Å². The van der Waals surface area contributed by atoms with Gasteiger partial charge in [-0.3, -0.25) is 0 Å². The molecule has 1 saturated heterocycles. The lowest BCUT2D eigenvalue weighted by Gasteiger charge is -2.08. The van der Waals surface area contributed by atoms with Gasteiger partial charge in [0.25, 0.3) is 0 Å². The summed E-state index contributed by atoms with van der Waals surface area (Å²) in [4.78, 5) is 0. The molecule has 8 heavy (non-hydrogen) atoms. The van der Waals surface area contributed by atoms with Crippen molar-refractivity contribution in [2.24, 2.45) is 0 Å². The molecule has 0 aromatic carbocycles. The van der Waals surface area contributed by atoms with Crippen LogP contribution in [0.25, 0.3) is 0 Å². The van der Waals surface area contributed by atoms with Crippen LogP contribution in [0.4, 0.5) is 0 Å². The topological polar surface area (TPSA) is 18.5 Å². The van der Waals surface area contributed by atoms with Crippen LogP contribution in [0.15, 0.2) is 0 Å². The van der Waals surface area contributed by atoms with Gasteiger partial charge in [0.1, 0.15) is 0 Å². The summed E-state index contributed by atoms with van der Waals surface area (Å²) in [6.07, 6.45) is 4.31. The molecule has 0 N–H and O–H groups in total. The van der Waals surface area contributed by atoms with E-state index >= 15 is 0 Å². The first-order valence-corrected chi connectivity index (χ1v) is 3.24. The molecule has 0 spiro atoms. The second-order valence-electron chi connectivity index (χ2n) is 2.90. The monoisotopic (exact) mass is 112 g/mol. The molecule has 2 heteroatoms. The molecular formula is C6H8O2. The Bertz CT molecular complexity index is 106. The highest BCUT2D eigenvalue weighted by molar-refractivity contribution is 5.03. The van der Waals surface area contributed by atoms with Crippen LogP contribution < -0.4 is 0 Å². The third-order valence-corrected chi connectivity index (χ3v) is 2.05. The molecule has 0 aromatic heterocycles. The van der Waals surface area contributed by atoms with Crippen molar-refractivity contribution in [3.05, 3.63) is 0 Å². The molecule has 3 fully saturated rings. The highest BCUT2D eigenvalue weighted by atomic mass is 16.6. The Morgan fingerprint density at radius 3 is 1.50 bits per heavy atom. The first-order chi connectivity index (χ1) is 3.93. The minimum absolute atomic E-state index is 0.499. The summed E-state index contributed by atoms with van der Waals surface area (Å²) >= 11 is 0. The van der Waals surface area contributed by atoms with Gasteiger partial charge >= 0.3 is 0 Å². The first kappa shape index (κ1) is 3.85. The summed E-state index contributed by atoms with van der Waals surface area (Å²) in [5.41, 5.74) is 0. The van der Waals surface area contributed by atoms with Crippen LogP contribution in [0.5, 0.6) is 0 Å². The van der Waals surface area contributed by atoms with Crippen molar-refractivity contribution < 1.29 is 9.47 Å². The Kier molecular flexibility index (Phi) is 0.461. The number of hydrogen-bond donors (Lipinski definition) is 0. The minimum atomic E-state index is 0.499. The fraction of sp³-hybridized carbons (Fsp3) is 1.00. The van der Waals surface area contributed by atoms with Crippen LogP contribution in [0.1, 0.15) is 12.8 Å². The lowest BCUT2D eigenvalue weighted by molar-refractivity contribution is -0.0419. The Balaban J connectivity index is 1.85. The summed E-state index contributed by atoms with van der Waals surface area (Å²) in [5, 5.41) is 0. The van der Waals surface area contributed by atoms with E-state index in [1.165, 1.54) is 0 Å². The summed E-state index contributed by atoms with van der Waals surface area (Å²) in [6, 6.07) is 0. The molecule has 1 aliphatic heterocycles. The summed E-state index contributed by atoms with van der Waals surface area (Å²) in [7, 11) is 0. The molecule has 4 unspecified atom stereocenters. The molecule has 4 atom stereocenters. The van der Waals surface area contributed by atoms with Crippen molar-refractivity contribution >= 4 is 0 Å². The molecule has 2 nitrogen and oxygen atoms in total. The molecule has 3 rings (SSSR count). The fourth-order valence-corrected chi connectivity index (χ4v) is 1.32. The lowest BCUT2D eigenvalue weighted by Crippen LogP contribution is -2.16. The molecule has 2 aliphatic carbocycles. The normalized spacial score (nSPS) is 66.0. The third kappa shape index (κ3) is 0.361. The van der Waals surface area contributed by atoms with Crippen LogP contribution in [0, 0.1) is 0 Å². The SMILES string of the molecule is C1C2OC3CC3OC12. The zero-order chi connectivity index (χ0) is 5.14. The maximum Gasteiger partial charge on any atom is 0.0868 e. The van der Waals surface area contributed by atoms with Crippen molar-refractivity contribution in [3.8, 4) is 0 Å². The molecule has 0 amide bonds. The predicted octanol–water partition coefficient (Wildman–Crippen LogP) is 0.315. The van der Waals surface area contributed by atoms with Gasteiger partial charge in [-0.1, -0.05) is 0 Å². The van der Waals surface area contributed by atoms with Crippen molar-refractivity contribution in [2.45, 2.75) is 37.3 Å². The van der Waals surface area contributed by atoms with E-state index in [-0.39, 0.29) is 0 Å². The van der Waals surface area contributed by atoms with Crippen LogP contribution in [0.3, 0.4) is 0 Å². The van der Waals surface area contributed by atoms with E-state index in [4.69, 9.17) is 9.47 Å². The Hall–Kier alpha value is -0.0800. The second kappa shape index (κ2) is 0.957. The maximum absolute atomic E-state index is 5.51. The van der Waals surface area contributed by atoms with Gasteiger partial charge in [0.15, 0.2) is 0 Å². The average molecular weight is 112 g/mol. The maximum atomic E-state index is 5.51. The van der Waals surface area contributed by atoms with E-state index < -0.39 is 0 Å². The quantitative estimate of drug-likeness (QED) is 0.449. The van der Waals surface area contributed by atoms with Gasteiger partial charge in [-0.2, -0.15) is 0 Å². The predicted molar refractivity (Wildman–Crippen MR) is 26.6 cm³/mol. The Morgan fingerprint density at radius 1 is 0.750 bits per heavy atom. The molecule has 0 radical (unpaired) electrons. The molecule has 2 saturated carbocycles. The van der Waals surface area contributed by atoms with E-state index in [9.17, 15) is 0 Å². The number of hydrogen-bond acceptors (Lipinski definition) is 2. The highest BCUT2D eigenvalue weighted by Gasteiger charge is 2.56. The zero-order valence-electron chi connectivity index (χ0n) is 4.54. The van der Waals surface area contributed by atoms with Crippen molar-refractivity contribution in [3.63, 3.8) is 0 Å². The van der Waals surface area contributed by atoms with E-state index in [0.717, 1.165) is 12.8 Å². The zero-order valence-corrected chi connectivity index (χ0v) is 4.54. The number of rotatable bonds is 0. The van der Waals surface area contributed by atoms with Crippen molar-refractivity contribution in [1.82, 2.24) is 0 Å². The standard InChI is InChI=1S/C6H8O2/c1-3-4(1)8-6-2-5(6)7-3/h3-6H,1-2H2. The van der Waals surface area contributed by atoms with Crippen LogP contribution in [-0.2, 0) is 9.47 Å². The number of ether oxygens (including phenoxy) is 2.